The first-order valence-electron chi connectivity index (χ1n) is 6.91. The lowest BCUT2D eigenvalue weighted by Crippen LogP contribution is -2.26. The molecule has 0 aliphatic carbocycles. The van der Waals surface area contributed by atoms with Crippen LogP contribution < -0.4 is 10.6 Å². The van der Waals surface area contributed by atoms with Crippen molar-refractivity contribution in [3.05, 3.63) is 47.1 Å². The molecule has 0 saturated heterocycles. The number of amides is 1. The number of hydrogen-bond acceptors (Lipinski definition) is 5. The van der Waals surface area contributed by atoms with Gasteiger partial charge in [0.1, 0.15) is 23.7 Å². The van der Waals surface area contributed by atoms with Crippen LogP contribution in [0.25, 0.3) is 0 Å². The predicted molar refractivity (Wildman–Crippen MR) is 85.6 cm³/mol. The molecular weight excluding hydrogens is 323 g/mol. The highest BCUT2D eigenvalue weighted by Crippen LogP contribution is 2.21. The second-order valence-electron chi connectivity index (χ2n) is 4.64. The maximum atomic E-state index is 13.1. The molecular formula is C15H16ClFN4O2. The predicted octanol–water partition coefficient (Wildman–Crippen LogP) is 2.78. The van der Waals surface area contributed by atoms with Crippen LogP contribution in [0.15, 0.2) is 30.6 Å². The Labute approximate surface area is 138 Å². The number of nitrogens with one attached hydrogen (secondary N) is 2. The van der Waals surface area contributed by atoms with Gasteiger partial charge in [0.2, 0.25) is 0 Å². The molecule has 0 aliphatic heterocycles. The van der Waals surface area contributed by atoms with Crippen molar-refractivity contribution in [3.8, 4) is 0 Å². The number of anilines is 2. The van der Waals surface area contributed by atoms with Crippen LogP contribution >= 0.6 is 11.6 Å². The largest absolute Gasteiger partial charge is 0.385 e. The normalized spacial score (nSPS) is 10.4. The molecule has 2 aromatic rings. The van der Waals surface area contributed by atoms with Gasteiger partial charge in [-0.1, -0.05) is 11.6 Å². The van der Waals surface area contributed by atoms with Crippen molar-refractivity contribution in [3.63, 3.8) is 0 Å². The third kappa shape index (κ3) is 5.15. The molecule has 0 saturated carbocycles. The zero-order valence-corrected chi connectivity index (χ0v) is 13.2. The van der Waals surface area contributed by atoms with Crippen molar-refractivity contribution in [2.75, 3.05) is 25.6 Å². The zero-order chi connectivity index (χ0) is 16.7. The summed E-state index contributed by atoms with van der Waals surface area (Å²) in [7, 11) is 1.60. The fourth-order valence-electron chi connectivity index (χ4n) is 1.78. The molecule has 0 spiro atoms. The summed E-state index contributed by atoms with van der Waals surface area (Å²) in [6.45, 7) is 1.06. The summed E-state index contributed by atoms with van der Waals surface area (Å²) >= 11 is 5.72. The van der Waals surface area contributed by atoms with Crippen molar-refractivity contribution in [1.82, 2.24) is 15.3 Å². The Morgan fingerprint density at radius 3 is 2.91 bits per heavy atom. The average molecular weight is 339 g/mol. The van der Waals surface area contributed by atoms with E-state index < -0.39 is 5.82 Å². The van der Waals surface area contributed by atoms with Crippen LogP contribution in [0.3, 0.4) is 0 Å². The van der Waals surface area contributed by atoms with Gasteiger partial charge in [0.05, 0.1) is 5.02 Å². The van der Waals surface area contributed by atoms with Crippen LogP contribution in [0.2, 0.25) is 5.02 Å². The van der Waals surface area contributed by atoms with Gasteiger partial charge >= 0.3 is 0 Å². The molecule has 1 aromatic carbocycles. The Morgan fingerprint density at radius 2 is 2.17 bits per heavy atom. The highest BCUT2D eigenvalue weighted by molar-refractivity contribution is 6.31. The molecule has 23 heavy (non-hydrogen) atoms. The van der Waals surface area contributed by atoms with E-state index in [0.29, 0.717) is 31.1 Å². The summed E-state index contributed by atoms with van der Waals surface area (Å²) in [5, 5.41) is 5.68. The molecule has 2 N–H and O–H groups in total. The van der Waals surface area contributed by atoms with Gasteiger partial charge in [0.15, 0.2) is 0 Å². The van der Waals surface area contributed by atoms with Crippen LogP contribution in [0.5, 0.6) is 0 Å². The van der Waals surface area contributed by atoms with Crippen LogP contribution in [0.1, 0.15) is 16.9 Å². The quantitative estimate of drug-likeness (QED) is 0.759. The zero-order valence-electron chi connectivity index (χ0n) is 12.5. The van der Waals surface area contributed by atoms with Crippen LogP contribution in [-0.4, -0.2) is 36.1 Å². The molecule has 0 atom stereocenters. The summed E-state index contributed by atoms with van der Waals surface area (Å²) in [5.74, 6) is -0.399. The van der Waals surface area contributed by atoms with E-state index in [1.807, 2.05) is 0 Å². The smallest absolute Gasteiger partial charge is 0.270 e. The molecule has 122 valence electrons. The molecule has 1 amide bonds. The van der Waals surface area contributed by atoms with E-state index in [1.165, 1.54) is 30.6 Å². The molecule has 0 bridgehead atoms. The minimum Gasteiger partial charge on any atom is -0.385 e. The van der Waals surface area contributed by atoms with Crippen molar-refractivity contribution in [2.45, 2.75) is 6.42 Å². The summed E-state index contributed by atoms with van der Waals surface area (Å²) in [6, 6.07) is 5.70. The lowest BCUT2D eigenvalue weighted by molar-refractivity contribution is 0.0943. The summed E-state index contributed by atoms with van der Waals surface area (Å²) in [4.78, 5) is 19.9. The second kappa shape index (κ2) is 8.40. The number of halogens is 2. The monoisotopic (exact) mass is 338 g/mol. The van der Waals surface area contributed by atoms with Gasteiger partial charge in [-0.15, -0.1) is 0 Å². The first-order valence-corrected chi connectivity index (χ1v) is 7.29. The van der Waals surface area contributed by atoms with Crippen LogP contribution in [0, 0.1) is 5.82 Å². The molecule has 0 radical (unpaired) electrons. The average Bonchev–Trinajstić information content (AvgIpc) is 2.55. The van der Waals surface area contributed by atoms with E-state index in [4.69, 9.17) is 16.3 Å². The Morgan fingerprint density at radius 1 is 1.35 bits per heavy atom. The van der Waals surface area contributed by atoms with Gasteiger partial charge in [-0.25, -0.2) is 14.4 Å². The van der Waals surface area contributed by atoms with E-state index in [0.717, 1.165) is 0 Å². The highest BCUT2D eigenvalue weighted by atomic mass is 35.5. The minimum atomic E-state index is -0.504. The number of carbonyl (C=O) groups excluding carboxylic acids is 1. The SMILES string of the molecule is COCCCNC(=O)c1cc(Nc2ccc(F)c(Cl)c2)ncn1. The Kier molecular flexibility index (Phi) is 6.25. The molecule has 0 aliphatic rings. The van der Waals surface area contributed by atoms with E-state index in [2.05, 4.69) is 20.6 Å². The van der Waals surface area contributed by atoms with Gasteiger partial charge in [-0.3, -0.25) is 4.79 Å². The molecule has 0 fully saturated rings. The number of aromatic nitrogens is 2. The van der Waals surface area contributed by atoms with E-state index in [-0.39, 0.29) is 16.6 Å². The second-order valence-corrected chi connectivity index (χ2v) is 5.05. The number of nitrogens with zero attached hydrogens (tertiary/aromatic N) is 2. The maximum Gasteiger partial charge on any atom is 0.270 e. The van der Waals surface area contributed by atoms with Gasteiger partial charge in [-0.05, 0) is 24.6 Å². The number of methoxy groups -OCH3 is 1. The molecule has 1 aromatic heterocycles. The van der Waals surface area contributed by atoms with Crippen LogP contribution in [-0.2, 0) is 4.74 Å². The van der Waals surface area contributed by atoms with E-state index in [9.17, 15) is 9.18 Å². The van der Waals surface area contributed by atoms with E-state index >= 15 is 0 Å². The summed E-state index contributed by atoms with van der Waals surface area (Å²) in [6.07, 6.45) is 1.99. The number of ether oxygens (including phenoxy) is 1. The number of hydrogen-bond donors (Lipinski definition) is 2. The molecule has 0 unspecified atom stereocenters. The maximum absolute atomic E-state index is 13.1. The lowest BCUT2D eigenvalue weighted by atomic mass is 10.3. The third-order valence-electron chi connectivity index (χ3n) is 2.90. The van der Waals surface area contributed by atoms with Gasteiger partial charge in [-0.2, -0.15) is 0 Å². The Bertz CT molecular complexity index is 684. The fourth-order valence-corrected chi connectivity index (χ4v) is 1.96. The van der Waals surface area contributed by atoms with Crippen molar-refractivity contribution >= 4 is 29.0 Å². The molecule has 6 nitrogen and oxygen atoms in total. The number of rotatable bonds is 7. The molecule has 8 heteroatoms. The molecule has 1 heterocycles. The number of benzene rings is 1. The Hall–Kier alpha value is -2.25. The van der Waals surface area contributed by atoms with Crippen LogP contribution in [0.4, 0.5) is 15.9 Å². The number of carbonyl (C=O) groups is 1. The lowest BCUT2D eigenvalue weighted by Gasteiger charge is -2.08. The fraction of sp³-hybridized carbons (Fsp3) is 0.267. The van der Waals surface area contributed by atoms with Gasteiger partial charge < -0.3 is 15.4 Å². The highest BCUT2D eigenvalue weighted by Gasteiger charge is 2.09. The van der Waals surface area contributed by atoms with E-state index in [1.54, 1.807) is 7.11 Å². The van der Waals surface area contributed by atoms with Gasteiger partial charge in [0.25, 0.3) is 5.91 Å². The standard InChI is InChI=1S/C15H16ClFN4O2/c1-23-6-2-5-18-15(22)13-8-14(20-9-19-13)21-10-3-4-12(17)11(16)7-10/h3-4,7-9H,2,5-6H2,1H3,(H,18,22)(H,19,20,21). The summed E-state index contributed by atoms with van der Waals surface area (Å²) in [5.41, 5.74) is 0.787. The first-order chi connectivity index (χ1) is 11.1. The third-order valence-corrected chi connectivity index (χ3v) is 3.19. The van der Waals surface area contributed by atoms with Gasteiger partial charge in [0, 0.05) is 32.0 Å². The molecule has 2 rings (SSSR count). The van der Waals surface area contributed by atoms with Crippen molar-refractivity contribution < 1.29 is 13.9 Å². The van der Waals surface area contributed by atoms with Crippen molar-refractivity contribution in [2.24, 2.45) is 0 Å². The van der Waals surface area contributed by atoms with Crippen molar-refractivity contribution in [1.29, 1.82) is 0 Å². The summed E-state index contributed by atoms with van der Waals surface area (Å²) < 4.78 is 18.0. The first kappa shape index (κ1) is 17.1. The minimum absolute atomic E-state index is 0.000153. The Balaban J connectivity index is 2.01. The topological polar surface area (TPSA) is 76.1 Å².